The van der Waals surface area contributed by atoms with Crippen molar-refractivity contribution in [3.05, 3.63) is 33.9 Å². The van der Waals surface area contributed by atoms with Crippen LogP contribution in [0.4, 0.5) is 0 Å². The predicted octanol–water partition coefficient (Wildman–Crippen LogP) is 2.15. The lowest BCUT2D eigenvalue weighted by molar-refractivity contribution is -0.471. The minimum Gasteiger partial charge on any atom is -0.744 e. The van der Waals surface area contributed by atoms with Crippen LogP contribution in [0.25, 0.3) is 0 Å². The average molecular weight is 339 g/mol. The van der Waals surface area contributed by atoms with Gasteiger partial charge in [-0.3, -0.25) is 4.79 Å². The minimum absolute atomic E-state index is 0.0910. The first-order valence-electron chi connectivity index (χ1n) is 7.62. The Morgan fingerprint density at radius 2 is 1.96 bits per heavy atom. The molecule has 0 aromatic carbocycles. The zero-order valence-electron chi connectivity index (χ0n) is 13.3. The summed E-state index contributed by atoms with van der Waals surface area (Å²) in [6, 6.07) is 0. The van der Waals surface area contributed by atoms with Crippen molar-refractivity contribution in [2.24, 2.45) is 0 Å². The zero-order chi connectivity index (χ0) is 17.2. The first-order chi connectivity index (χ1) is 10.7. The van der Waals surface area contributed by atoms with Gasteiger partial charge in [0.1, 0.15) is 16.7 Å². The van der Waals surface area contributed by atoms with Gasteiger partial charge in [-0.1, -0.05) is 0 Å². The third-order valence-corrected chi connectivity index (χ3v) is 5.29. The van der Waals surface area contributed by atoms with Crippen molar-refractivity contribution in [1.82, 2.24) is 0 Å². The Morgan fingerprint density at radius 1 is 1.26 bits per heavy atom. The van der Waals surface area contributed by atoms with Crippen LogP contribution in [-0.4, -0.2) is 40.9 Å². The van der Waals surface area contributed by atoms with Crippen LogP contribution in [0, 0.1) is 0 Å². The lowest BCUT2D eigenvalue weighted by atomic mass is 10.00. The Kier molecular flexibility index (Phi) is 5.21. The van der Waals surface area contributed by atoms with Gasteiger partial charge in [0.15, 0.2) is 5.71 Å². The van der Waals surface area contributed by atoms with Gasteiger partial charge in [-0.15, -0.1) is 0 Å². The molecule has 126 valence electrons. The van der Waals surface area contributed by atoms with Gasteiger partial charge < -0.3 is 9.66 Å². The Balaban J connectivity index is 2.09. The van der Waals surface area contributed by atoms with Gasteiger partial charge in [-0.2, -0.15) is 4.58 Å². The molecular weight excluding hydrogens is 318 g/mol. The molecule has 7 heteroatoms. The molecule has 0 spiro atoms. The number of rotatable bonds is 7. The number of nitrogens with zero attached hydrogens (tertiary/aromatic N) is 1. The molecule has 0 aromatic rings. The summed E-state index contributed by atoms with van der Waals surface area (Å²) in [6.07, 6.45) is 5.76. The van der Waals surface area contributed by atoms with Crippen LogP contribution in [0.15, 0.2) is 33.9 Å². The van der Waals surface area contributed by atoms with Crippen molar-refractivity contribution in [3.8, 4) is 0 Å². The highest BCUT2D eigenvalue weighted by Crippen LogP contribution is 2.35. The van der Waals surface area contributed by atoms with E-state index in [1.807, 2.05) is 13.8 Å². The molecule has 2 aliphatic rings. The highest BCUT2D eigenvalue weighted by molar-refractivity contribution is 7.89. The normalized spacial score (nSPS) is 18.0. The summed E-state index contributed by atoms with van der Waals surface area (Å²) in [5.41, 5.74) is 3.91. The Labute approximate surface area is 136 Å². The monoisotopic (exact) mass is 339 g/mol. The standard InChI is InChI=1S/C16H21NO5S/c1-11-12(2)17(9-5-3-4-6-16(18)19)15-8-7-13(10-14(11)15)23(20,21)22/h7-8H,3-6,9-10H2,1-2H3,(H-,18,19,20,21,22). The molecule has 0 aromatic heterocycles. The van der Waals surface area contributed by atoms with Gasteiger partial charge in [0, 0.05) is 48.3 Å². The number of hydrogen-bond acceptors (Lipinski definition) is 4. The van der Waals surface area contributed by atoms with Gasteiger partial charge in [-0.25, -0.2) is 8.42 Å². The molecule has 0 saturated carbocycles. The maximum Gasteiger partial charge on any atom is 0.303 e. The highest BCUT2D eigenvalue weighted by atomic mass is 32.2. The molecule has 6 nitrogen and oxygen atoms in total. The molecule has 0 bridgehead atoms. The number of fused-ring (bicyclic) bond motifs is 1. The van der Waals surface area contributed by atoms with Crippen LogP contribution in [0.2, 0.25) is 0 Å². The van der Waals surface area contributed by atoms with E-state index >= 15 is 0 Å². The quantitative estimate of drug-likeness (QED) is 0.435. The minimum atomic E-state index is -4.41. The van der Waals surface area contributed by atoms with E-state index in [1.165, 1.54) is 6.08 Å². The number of hydrogen-bond donors (Lipinski definition) is 1. The molecule has 1 aliphatic heterocycles. The summed E-state index contributed by atoms with van der Waals surface area (Å²) in [6.45, 7) is 4.67. The Hall–Kier alpha value is -1.73. The number of unbranched alkanes of at least 4 members (excludes halogenated alkanes) is 2. The lowest BCUT2D eigenvalue weighted by Gasteiger charge is -2.16. The third-order valence-electron chi connectivity index (χ3n) is 4.37. The van der Waals surface area contributed by atoms with Crippen LogP contribution in [0.1, 0.15) is 46.0 Å². The molecule has 1 aliphatic carbocycles. The number of carboxylic acids is 1. The van der Waals surface area contributed by atoms with Crippen LogP contribution < -0.4 is 0 Å². The molecule has 0 unspecified atom stereocenters. The molecule has 0 atom stereocenters. The van der Waals surface area contributed by atoms with E-state index in [4.69, 9.17) is 5.11 Å². The van der Waals surface area contributed by atoms with E-state index in [2.05, 4.69) is 4.58 Å². The van der Waals surface area contributed by atoms with Crippen molar-refractivity contribution in [2.75, 3.05) is 6.54 Å². The fraction of sp³-hybridized carbons (Fsp3) is 0.500. The largest absolute Gasteiger partial charge is 0.744 e. The summed E-state index contributed by atoms with van der Waals surface area (Å²) < 4.78 is 35.7. The maximum absolute atomic E-state index is 11.2. The van der Waals surface area contributed by atoms with Gasteiger partial charge in [0.05, 0.1) is 0 Å². The fourth-order valence-corrected chi connectivity index (χ4v) is 3.51. The van der Waals surface area contributed by atoms with Crippen molar-refractivity contribution >= 4 is 21.8 Å². The zero-order valence-corrected chi connectivity index (χ0v) is 14.1. The summed E-state index contributed by atoms with van der Waals surface area (Å²) in [5, 5.41) is 8.63. The van der Waals surface area contributed by atoms with Crippen LogP contribution in [0.3, 0.4) is 0 Å². The van der Waals surface area contributed by atoms with Crippen molar-refractivity contribution < 1.29 is 27.4 Å². The topological polar surface area (TPSA) is 97.5 Å². The lowest BCUT2D eigenvalue weighted by Crippen LogP contribution is -2.17. The molecule has 0 radical (unpaired) electrons. The second-order valence-corrected chi connectivity index (χ2v) is 7.29. The van der Waals surface area contributed by atoms with Crippen molar-refractivity contribution in [1.29, 1.82) is 0 Å². The molecule has 23 heavy (non-hydrogen) atoms. The molecule has 0 saturated heterocycles. The van der Waals surface area contributed by atoms with E-state index in [1.54, 1.807) is 6.08 Å². The van der Waals surface area contributed by atoms with E-state index in [-0.39, 0.29) is 17.7 Å². The van der Waals surface area contributed by atoms with Gasteiger partial charge in [-0.05, 0) is 25.8 Å². The molecule has 0 amide bonds. The van der Waals surface area contributed by atoms with Gasteiger partial charge in [0.25, 0.3) is 0 Å². The second kappa shape index (κ2) is 6.80. The number of carboxylic acid groups (broad SMARTS) is 1. The second-order valence-electron chi connectivity index (χ2n) is 5.86. The SMILES string of the molecule is CC1=C2CC(S(=O)(=O)[O-])=CC=C2[N+](CCCCCC(=O)O)=C1C. The summed E-state index contributed by atoms with van der Waals surface area (Å²) in [7, 11) is -4.41. The van der Waals surface area contributed by atoms with Crippen LogP contribution in [-0.2, 0) is 14.9 Å². The smallest absolute Gasteiger partial charge is 0.303 e. The van der Waals surface area contributed by atoms with Gasteiger partial charge in [0.2, 0.25) is 5.70 Å². The van der Waals surface area contributed by atoms with E-state index < -0.39 is 16.1 Å². The summed E-state index contributed by atoms with van der Waals surface area (Å²) in [4.78, 5) is 10.4. The maximum atomic E-state index is 11.2. The summed E-state index contributed by atoms with van der Waals surface area (Å²) >= 11 is 0. The Morgan fingerprint density at radius 3 is 2.57 bits per heavy atom. The average Bonchev–Trinajstić information content (AvgIpc) is 2.70. The molecule has 0 fully saturated rings. The fourth-order valence-electron chi connectivity index (χ4n) is 2.96. The van der Waals surface area contributed by atoms with E-state index in [0.29, 0.717) is 6.42 Å². The van der Waals surface area contributed by atoms with Gasteiger partial charge >= 0.3 is 5.97 Å². The molecule has 2 rings (SSSR count). The molecule has 1 N–H and O–H groups in total. The summed E-state index contributed by atoms with van der Waals surface area (Å²) in [5.74, 6) is -0.778. The highest BCUT2D eigenvalue weighted by Gasteiger charge is 2.34. The Bertz CT molecular complexity index is 753. The van der Waals surface area contributed by atoms with E-state index in [9.17, 15) is 17.8 Å². The van der Waals surface area contributed by atoms with E-state index in [0.717, 1.165) is 41.9 Å². The third kappa shape index (κ3) is 3.97. The van der Waals surface area contributed by atoms with Crippen LogP contribution in [0.5, 0.6) is 0 Å². The number of aliphatic carboxylic acids is 1. The van der Waals surface area contributed by atoms with Crippen LogP contribution >= 0.6 is 0 Å². The first-order valence-corrected chi connectivity index (χ1v) is 9.02. The van der Waals surface area contributed by atoms with Crippen molar-refractivity contribution in [3.63, 3.8) is 0 Å². The first kappa shape index (κ1) is 17.6. The number of allylic oxidation sites excluding steroid dienone is 5. The molecular formula is C16H21NO5S. The predicted molar refractivity (Wildman–Crippen MR) is 85.1 cm³/mol. The number of carbonyl (C=O) groups is 1. The molecule has 1 heterocycles. The van der Waals surface area contributed by atoms with Crippen molar-refractivity contribution in [2.45, 2.75) is 46.0 Å².